The summed E-state index contributed by atoms with van der Waals surface area (Å²) < 4.78 is 11.4. The van der Waals surface area contributed by atoms with Crippen molar-refractivity contribution in [2.45, 2.75) is 46.1 Å². The van der Waals surface area contributed by atoms with Gasteiger partial charge < -0.3 is 20.5 Å². The third-order valence-electron chi connectivity index (χ3n) is 4.49. The Kier molecular flexibility index (Phi) is 6.91. The van der Waals surface area contributed by atoms with Crippen LogP contribution < -0.4 is 20.5 Å². The molecule has 0 spiro atoms. The molecule has 2 unspecified atom stereocenters. The zero-order chi connectivity index (χ0) is 17.5. The van der Waals surface area contributed by atoms with Gasteiger partial charge in [-0.3, -0.25) is 4.79 Å². The van der Waals surface area contributed by atoms with E-state index in [2.05, 4.69) is 31.3 Å². The summed E-state index contributed by atoms with van der Waals surface area (Å²) in [7, 11) is 0. The van der Waals surface area contributed by atoms with Crippen molar-refractivity contribution >= 4 is 5.91 Å². The number of carbonyl (C=O) groups excluding carboxylic acids is 1. The fourth-order valence-electron chi connectivity index (χ4n) is 2.69. The van der Waals surface area contributed by atoms with Crippen molar-refractivity contribution in [3.63, 3.8) is 0 Å². The number of hydrogen-bond acceptors (Lipinski definition) is 4. The van der Waals surface area contributed by atoms with E-state index in [1.165, 1.54) is 5.56 Å². The first kappa shape index (κ1) is 18.6. The number of amides is 1. The molecule has 24 heavy (non-hydrogen) atoms. The molecule has 0 bridgehead atoms. The van der Waals surface area contributed by atoms with Crippen molar-refractivity contribution in [3.8, 4) is 11.5 Å². The molecule has 1 amide bonds. The van der Waals surface area contributed by atoms with E-state index in [0.717, 1.165) is 30.8 Å². The molecule has 1 aromatic rings. The van der Waals surface area contributed by atoms with Crippen molar-refractivity contribution in [2.75, 3.05) is 19.8 Å². The second kappa shape index (κ2) is 8.92. The minimum atomic E-state index is -0.149. The SMILES string of the molecule is CC(CN)C(=O)NC(CCc1ccc2c(c1)OCCCO2)C(C)C. The van der Waals surface area contributed by atoms with Gasteiger partial charge in [-0.15, -0.1) is 0 Å². The Bertz CT molecular complexity index is 545. The molecule has 0 aromatic heterocycles. The Hall–Kier alpha value is -1.75. The molecule has 1 aliphatic heterocycles. The number of nitrogens with one attached hydrogen (secondary N) is 1. The number of carbonyl (C=O) groups is 1. The van der Waals surface area contributed by atoms with Crippen LogP contribution in [-0.4, -0.2) is 31.7 Å². The highest BCUT2D eigenvalue weighted by atomic mass is 16.5. The number of nitrogens with two attached hydrogens (primary N) is 1. The highest BCUT2D eigenvalue weighted by Gasteiger charge is 2.19. The number of aryl methyl sites for hydroxylation is 1. The first-order valence-electron chi connectivity index (χ1n) is 8.90. The first-order chi connectivity index (χ1) is 11.5. The normalized spacial score (nSPS) is 16.4. The molecule has 0 saturated carbocycles. The zero-order valence-electron chi connectivity index (χ0n) is 15.0. The predicted octanol–water partition coefficient (Wildman–Crippen LogP) is 2.52. The molecule has 1 aliphatic rings. The molecule has 5 nitrogen and oxygen atoms in total. The van der Waals surface area contributed by atoms with Gasteiger partial charge in [0.1, 0.15) is 0 Å². The fourth-order valence-corrected chi connectivity index (χ4v) is 2.69. The van der Waals surface area contributed by atoms with E-state index in [-0.39, 0.29) is 17.9 Å². The number of rotatable bonds is 7. The van der Waals surface area contributed by atoms with Crippen molar-refractivity contribution in [3.05, 3.63) is 23.8 Å². The topological polar surface area (TPSA) is 73.6 Å². The van der Waals surface area contributed by atoms with E-state index in [9.17, 15) is 4.79 Å². The first-order valence-corrected chi connectivity index (χ1v) is 8.90. The van der Waals surface area contributed by atoms with Crippen LogP contribution in [0.1, 0.15) is 39.2 Å². The van der Waals surface area contributed by atoms with Crippen LogP contribution in [-0.2, 0) is 11.2 Å². The lowest BCUT2D eigenvalue weighted by Gasteiger charge is -2.24. The Morgan fingerprint density at radius 3 is 2.58 bits per heavy atom. The molecule has 0 saturated heterocycles. The summed E-state index contributed by atoms with van der Waals surface area (Å²) in [4.78, 5) is 12.1. The second-order valence-electron chi connectivity index (χ2n) is 6.87. The maximum atomic E-state index is 12.1. The summed E-state index contributed by atoms with van der Waals surface area (Å²) >= 11 is 0. The highest BCUT2D eigenvalue weighted by Crippen LogP contribution is 2.31. The average Bonchev–Trinajstić information content (AvgIpc) is 2.82. The monoisotopic (exact) mass is 334 g/mol. The van der Waals surface area contributed by atoms with Crippen LogP contribution >= 0.6 is 0 Å². The minimum Gasteiger partial charge on any atom is -0.490 e. The molecular weight excluding hydrogens is 304 g/mol. The van der Waals surface area contributed by atoms with Crippen molar-refractivity contribution in [1.29, 1.82) is 0 Å². The molecule has 134 valence electrons. The number of benzene rings is 1. The van der Waals surface area contributed by atoms with Crippen LogP contribution in [0.5, 0.6) is 11.5 Å². The number of fused-ring (bicyclic) bond motifs is 1. The molecule has 2 atom stereocenters. The van der Waals surface area contributed by atoms with Crippen LogP contribution in [0.2, 0.25) is 0 Å². The van der Waals surface area contributed by atoms with E-state index < -0.39 is 0 Å². The quantitative estimate of drug-likeness (QED) is 0.803. The molecule has 1 heterocycles. The van der Waals surface area contributed by atoms with Gasteiger partial charge in [-0.25, -0.2) is 0 Å². The van der Waals surface area contributed by atoms with Crippen LogP contribution in [0.3, 0.4) is 0 Å². The number of ether oxygens (including phenoxy) is 2. The summed E-state index contributed by atoms with van der Waals surface area (Å²) in [6.45, 7) is 7.89. The van der Waals surface area contributed by atoms with Gasteiger partial charge >= 0.3 is 0 Å². The van der Waals surface area contributed by atoms with Gasteiger partial charge in [0.2, 0.25) is 5.91 Å². The second-order valence-corrected chi connectivity index (χ2v) is 6.87. The van der Waals surface area contributed by atoms with Gasteiger partial charge in [0.25, 0.3) is 0 Å². The summed E-state index contributed by atoms with van der Waals surface area (Å²) in [6, 6.07) is 6.26. The predicted molar refractivity (Wildman–Crippen MR) is 95.4 cm³/mol. The van der Waals surface area contributed by atoms with Gasteiger partial charge in [-0.05, 0) is 36.5 Å². The smallest absolute Gasteiger partial charge is 0.224 e. The Morgan fingerprint density at radius 1 is 1.21 bits per heavy atom. The minimum absolute atomic E-state index is 0.0369. The lowest BCUT2D eigenvalue weighted by molar-refractivity contribution is -0.125. The van der Waals surface area contributed by atoms with Crippen LogP contribution in [0.25, 0.3) is 0 Å². The van der Waals surface area contributed by atoms with Crippen molar-refractivity contribution in [1.82, 2.24) is 5.32 Å². The van der Waals surface area contributed by atoms with E-state index in [1.54, 1.807) is 0 Å². The lowest BCUT2D eigenvalue weighted by atomic mass is 9.95. The van der Waals surface area contributed by atoms with Crippen LogP contribution in [0.4, 0.5) is 0 Å². The zero-order valence-corrected chi connectivity index (χ0v) is 15.0. The molecule has 0 radical (unpaired) electrons. The van der Waals surface area contributed by atoms with E-state index in [1.807, 2.05) is 13.0 Å². The Balaban J connectivity index is 1.96. The van der Waals surface area contributed by atoms with E-state index >= 15 is 0 Å². The van der Waals surface area contributed by atoms with Gasteiger partial charge in [0.15, 0.2) is 11.5 Å². The van der Waals surface area contributed by atoms with Gasteiger partial charge in [-0.1, -0.05) is 26.8 Å². The van der Waals surface area contributed by atoms with E-state index in [4.69, 9.17) is 15.2 Å². The maximum Gasteiger partial charge on any atom is 0.224 e. The molecule has 5 heteroatoms. The maximum absolute atomic E-state index is 12.1. The molecule has 1 aromatic carbocycles. The number of hydrogen-bond donors (Lipinski definition) is 2. The Labute approximate surface area is 144 Å². The average molecular weight is 334 g/mol. The van der Waals surface area contributed by atoms with Crippen LogP contribution in [0, 0.1) is 11.8 Å². The van der Waals surface area contributed by atoms with Gasteiger partial charge in [0, 0.05) is 24.9 Å². The summed E-state index contributed by atoms with van der Waals surface area (Å²) in [5.74, 6) is 1.91. The Morgan fingerprint density at radius 2 is 1.92 bits per heavy atom. The molecule has 2 rings (SSSR count). The van der Waals surface area contributed by atoms with Gasteiger partial charge in [-0.2, -0.15) is 0 Å². The summed E-state index contributed by atoms with van der Waals surface area (Å²) in [6.07, 6.45) is 2.68. The standard InChI is InChI=1S/C19H30N2O3/c1-13(2)16(21-19(22)14(3)12-20)7-5-15-6-8-17-18(11-15)24-10-4-9-23-17/h6,8,11,13-14,16H,4-5,7,9-10,12,20H2,1-3H3,(H,21,22). The lowest BCUT2D eigenvalue weighted by Crippen LogP contribution is -2.43. The van der Waals surface area contributed by atoms with Crippen molar-refractivity contribution in [2.24, 2.45) is 17.6 Å². The third kappa shape index (κ3) is 5.13. The third-order valence-corrected chi connectivity index (χ3v) is 4.49. The van der Waals surface area contributed by atoms with Crippen LogP contribution in [0.15, 0.2) is 18.2 Å². The van der Waals surface area contributed by atoms with Gasteiger partial charge in [0.05, 0.1) is 13.2 Å². The molecular formula is C19H30N2O3. The fraction of sp³-hybridized carbons (Fsp3) is 0.632. The largest absolute Gasteiger partial charge is 0.490 e. The molecule has 3 N–H and O–H groups in total. The van der Waals surface area contributed by atoms with E-state index in [0.29, 0.717) is 25.7 Å². The summed E-state index contributed by atoms with van der Waals surface area (Å²) in [5.41, 5.74) is 6.78. The molecule has 0 fully saturated rings. The molecule has 0 aliphatic carbocycles. The summed E-state index contributed by atoms with van der Waals surface area (Å²) in [5, 5.41) is 3.13. The van der Waals surface area contributed by atoms with Crippen molar-refractivity contribution < 1.29 is 14.3 Å². The highest BCUT2D eigenvalue weighted by molar-refractivity contribution is 5.78.